The van der Waals surface area contributed by atoms with Crippen molar-refractivity contribution in [2.24, 2.45) is 23.2 Å². The lowest BCUT2D eigenvalue weighted by molar-refractivity contribution is -0.195. The minimum Gasteiger partial charge on any atom is -0.455 e. The summed E-state index contributed by atoms with van der Waals surface area (Å²) in [4.78, 5) is 24.8. The highest BCUT2D eigenvalue weighted by atomic mass is 16.6. The lowest BCUT2D eigenvalue weighted by Gasteiger charge is -2.59. The molecule has 4 rings (SSSR count). The van der Waals surface area contributed by atoms with Crippen molar-refractivity contribution in [3.63, 3.8) is 0 Å². The van der Waals surface area contributed by atoms with E-state index in [-0.39, 0.29) is 11.9 Å². The Morgan fingerprint density at radius 3 is 2.30 bits per heavy atom. The Labute approximate surface area is 120 Å². The average molecular weight is 276 g/mol. The van der Waals surface area contributed by atoms with Crippen molar-refractivity contribution in [3.8, 4) is 0 Å². The Kier molecular flexibility index (Phi) is 2.90. The summed E-state index contributed by atoms with van der Waals surface area (Å²) >= 11 is 0. The highest BCUT2D eigenvalue weighted by Gasteiger charge is 2.64. The normalized spacial score (nSPS) is 39.0. The predicted octanol–water partition coefficient (Wildman–Crippen LogP) is 3.28. The van der Waals surface area contributed by atoms with E-state index in [0.717, 1.165) is 25.7 Å². The summed E-state index contributed by atoms with van der Waals surface area (Å²) in [6.07, 6.45) is 5.17. The SMILES string of the molecule is C=C(C)C(=O)OC(C)(C)C12CC3CC(CC(C3)C1=O)C2. The van der Waals surface area contributed by atoms with Crippen LogP contribution in [0.25, 0.3) is 0 Å². The second-order valence-electron chi connectivity index (χ2n) is 7.67. The zero-order chi connectivity index (χ0) is 14.7. The number of Topliss-reactive ketones (excluding diaryl/α,β-unsaturated/α-hetero) is 1. The summed E-state index contributed by atoms with van der Waals surface area (Å²) in [5.41, 5.74) is -0.779. The van der Waals surface area contributed by atoms with Crippen LogP contribution in [0.3, 0.4) is 0 Å². The zero-order valence-corrected chi connectivity index (χ0v) is 12.7. The van der Waals surface area contributed by atoms with Gasteiger partial charge in [-0.15, -0.1) is 0 Å². The highest BCUT2D eigenvalue weighted by molar-refractivity contribution is 5.92. The lowest BCUT2D eigenvalue weighted by Crippen LogP contribution is -2.63. The highest BCUT2D eigenvalue weighted by Crippen LogP contribution is 2.62. The van der Waals surface area contributed by atoms with Gasteiger partial charge in [-0.3, -0.25) is 4.79 Å². The van der Waals surface area contributed by atoms with E-state index in [2.05, 4.69) is 6.58 Å². The van der Waals surface area contributed by atoms with Crippen LogP contribution >= 0.6 is 0 Å². The lowest BCUT2D eigenvalue weighted by atomic mass is 9.45. The predicted molar refractivity (Wildman–Crippen MR) is 76.0 cm³/mol. The third-order valence-corrected chi connectivity index (χ3v) is 5.87. The van der Waals surface area contributed by atoms with Gasteiger partial charge in [0.1, 0.15) is 11.4 Å². The largest absolute Gasteiger partial charge is 0.455 e. The molecule has 0 heterocycles. The van der Waals surface area contributed by atoms with E-state index < -0.39 is 11.0 Å². The van der Waals surface area contributed by atoms with Crippen molar-refractivity contribution in [2.75, 3.05) is 0 Å². The molecule has 20 heavy (non-hydrogen) atoms. The maximum absolute atomic E-state index is 12.9. The molecule has 0 amide bonds. The van der Waals surface area contributed by atoms with Crippen molar-refractivity contribution in [3.05, 3.63) is 12.2 Å². The number of hydrogen-bond donors (Lipinski definition) is 0. The van der Waals surface area contributed by atoms with Gasteiger partial charge in [-0.25, -0.2) is 4.79 Å². The van der Waals surface area contributed by atoms with Crippen molar-refractivity contribution >= 4 is 11.8 Å². The first-order valence-corrected chi connectivity index (χ1v) is 7.68. The summed E-state index contributed by atoms with van der Waals surface area (Å²) in [6.45, 7) is 9.13. The molecule has 4 aliphatic rings. The van der Waals surface area contributed by atoms with Crippen LogP contribution in [0.15, 0.2) is 12.2 Å². The first-order chi connectivity index (χ1) is 9.25. The monoisotopic (exact) mass is 276 g/mol. The molecule has 0 N–H and O–H groups in total. The van der Waals surface area contributed by atoms with E-state index in [1.807, 2.05) is 13.8 Å². The molecule has 0 aliphatic heterocycles. The second-order valence-corrected chi connectivity index (χ2v) is 7.67. The molecule has 0 aromatic heterocycles. The van der Waals surface area contributed by atoms with Gasteiger partial charge in [0.2, 0.25) is 0 Å². The summed E-state index contributed by atoms with van der Waals surface area (Å²) in [5, 5.41) is 0. The number of esters is 1. The standard InChI is InChI=1S/C17H24O3/c1-10(2)15(19)20-16(3,4)17-8-11-5-12(9-17)7-13(6-11)14(17)18/h11-13H,1,5-9H2,2-4H3. The maximum Gasteiger partial charge on any atom is 0.333 e. The van der Waals surface area contributed by atoms with Crippen LogP contribution in [0.1, 0.15) is 52.9 Å². The molecule has 4 bridgehead atoms. The number of carbonyl (C=O) groups is 2. The maximum atomic E-state index is 12.9. The Balaban J connectivity index is 1.92. The van der Waals surface area contributed by atoms with E-state index >= 15 is 0 Å². The van der Waals surface area contributed by atoms with E-state index in [1.54, 1.807) is 6.92 Å². The average Bonchev–Trinajstić information content (AvgIpc) is 2.33. The summed E-state index contributed by atoms with van der Waals surface area (Å²) in [7, 11) is 0. The molecule has 0 aromatic carbocycles. The van der Waals surface area contributed by atoms with Crippen LogP contribution in [0.4, 0.5) is 0 Å². The Morgan fingerprint density at radius 1 is 1.25 bits per heavy atom. The first-order valence-electron chi connectivity index (χ1n) is 7.68. The van der Waals surface area contributed by atoms with Crippen LogP contribution < -0.4 is 0 Å². The van der Waals surface area contributed by atoms with Crippen molar-refractivity contribution in [1.29, 1.82) is 0 Å². The molecule has 3 heteroatoms. The number of carbonyl (C=O) groups excluding carboxylic acids is 2. The van der Waals surface area contributed by atoms with Gasteiger partial charge in [-0.1, -0.05) is 6.58 Å². The van der Waals surface area contributed by atoms with Crippen molar-refractivity contribution < 1.29 is 14.3 Å². The van der Waals surface area contributed by atoms with Gasteiger partial charge in [-0.05, 0) is 64.7 Å². The first kappa shape index (κ1) is 13.8. The molecule has 4 aliphatic carbocycles. The molecule has 110 valence electrons. The van der Waals surface area contributed by atoms with Crippen LogP contribution in [0, 0.1) is 23.2 Å². The number of hydrogen-bond acceptors (Lipinski definition) is 3. The van der Waals surface area contributed by atoms with Gasteiger partial charge in [0.25, 0.3) is 0 Å². The Morgan fingerprint density at radius 2 is 1.80 bits per heavy atom. The molecule has 2 unspecified atom stereocenters. The van der Waals surface area contributed by atoms with Gasteiger partial charge in [0.05, 0.1) is 5.41 Å². The minimum absolute atomic E-state index is 0.212. The summed E-state index contributed by atoms with van der Waals surface area (Å²) < 4.78 is 5.70. The van der Waals surface area contributed by atoms with E-state index in [0.29, 0.717) is 23.2 Å². The van der Waals surface area contributed by atoms with E-state index in [1.165, 1.54) is 6.42 Å². The Bertz CT molecular complexity index is 474. The fourth-order valence-electron chi connectivity index (χ4n) is 4.98. The van der Waals surface area contributed by atoms with Crippen LogP contribution in [-0.2, 0) is 14.3 Å². The number of ether oxygens (including phenoxy) is 1. The van der Waals surface area contributed by atoms with Gasteiger partial charge < -0.3 is 4.74 Å². The molecule has 4 saturated carbocycles. The zero-order valence-electron chi connectivity index (χ0n) is 12.7. The third-order valence-electron chi connectivity index (χ3n) is 5.87. The molecule has 2 atom stereocenters. The van der Waals surface area contributed by atoms with Gasteiger partial charge in [0, 0.05) is 11.5 Å². The molecule has 4 fully saturated rings. The molecule has 3 nitrogen and oxygen atoms in total. The van der Waals surface area contributed by atoms with E-state index in [4.69, 9.17) is 4.74 Å². The smallest absolute Gasteiger partial charge is 0.333 e. The van der Waals surface area contributed by atoms with Gasteiger partial charge >= 0.3 is 5.97 Å². The fourth-order valence-corrected chi connectivity index (χ4v) is 4.98. The second kappa shape index (κ2) is 4.19. The summed E-state index contributed by atoms with van der Waals surface area (Å²) in [6, 6.07) is 0. The van der Waals surface area contributed by atoms with Crippen molar-refractivity contribution in [2.45, 2.75) is 58.5 Å². The molecular formula is C17H24O3. The molecule has 0 radical (unpaired) electrons. The molecular weight excluding hydrogens is 252 g/mol. The Hall–Kier alpha value is -1.12. The third kappa shape index (κ3) is 1.78. The number of rotatable bonds is 3. The topological polar surface area (TPSA) is 43.4 Å². The minimum atomic E-state index is -0.726. The number of ketones is 1. The fraction of sp³-hybridized carbons (Fsp3) is 0.765. The van der Waals surface area contributed by atoms with Crippen LogP contribution in [-0.4, -0.2) is 17.4 Å². The molecule has 0 spiro atoms. The van der Waals surface area contributed by atoms with Crippen LogP contribution in [0.2, 0.25) is 0 Å². The summed E-state index contributed by atoms with van der Waals surface area (Å²) in [5.74, 6) is 1.48. The van der Waals surface area contributed by atoms with Gasteiger partial charge in [0.15, 0.2) is 0 Å². The molecule has 0 aromatic rings. The van der Waals surface area contributed by atoms with Crippen molar-refractivity contribution in [1.82, 2.24) is 0 Å². The van der Waals surface area contributed by atoms with E-state index in [9.17, 15) is 9.59 Å². The van der Waals surface area contributed by atoms with Crippen LogP contribution in [0.5, 0.6) is 0 Å². The molecule has 0 saturated heterocycles. The van der Waals surface area contributed by atoms with Gasteiger partial charge in [-0.2, -0.15) is 0 Å². The quantitative estimate of drug-likeness (QED) is 0.587.